The molecule has 0 aliphatic rings. The van der Waals surface area contributed by atoms with Crippen molar-refractivity contribution in [1.82, 2.24) is 0 Å². The fourth-order valence-corrected chi connectivity index (χ4v) is 1.44. The van der Waals surface area contributed by atoms with Crippen LogP contribution in [0.5, 0.6) is 0 Å². The van der Waals surface area contributed by atoms with E-state index in [4.69, 9.17) is 0 Å². The molecule has 0 heterocycles. The predicted molar refractivity (Wildman–Crippen MR) is 50.7 cm³/mol. The molecule has 0 saturated carbocycles. The van der Waals surface area contributed by atoms with E-state index in [9.17, 15) is 0 Å². The van der Waals surface area contributed by atoms with E-state index in [0.717, 1.165) is 23.3 Å². The molecule has 0 aliphatic heterocycles. The number of rotatable bonds is 4. The van der Waals surface area contributed by atoms with Gasteiger partial charge in [-0.15, -0.1) is 0 Å². The zero-order valence-corrected chi connectivity index (χ0v) is 7.96. The minimum Gasteiger partial charge on any atom is -0.179 e. The summed E-state index contributed by atoms with van der Waals surface area (Å²) in [5, 5.41) is 0. The molecule has 0 nitrogen and oxygen atoms in total. The van der Waals surface area contributed by atoms with Crippen LogP contribution in [-0.4, -0.2) is 11.5 Å². The summed E-state index contributed by atoms with van der Waals surface area (Å²) >= 11 is 8.39. The fraction of sp³-hybridized carbons (Fsp3) is 1.00. The molecular formula is C7H16S2. The topological polar surface area (TPSA) is 0 Å². The van der Waals surface area contributed by atoms with Gasteiger partial charge >= 0.3 is 0 Å². The molecule has 0 aromatic heterocycles. The second kappa shape index (κ2) is 5.48. The van der Waals surface area contributed by atoms with Crippen LogP contribution in [0, 0.1) is 11.8 Å². The highest BCUT2D eigenvalue weighted by Gasteiger charge is 2.08. The lowest BCUT2D eigenvalue weighted by atomic mass is 9.95. The normalized spacial score (nSPS) is 17.3. The van der Waals surface area contributed by atoms with Crippen LogP contribution in [0.2, 0.25) is 0 Å². The molecule has 0 bridgehead atoms. The van der Waals surface area contributed by atoms with E-state index < -0.39 is 0 Å². The van der Waals surface area contributed by atoms with Crippen molar-refractivity contribution in [2.45, 2.75) is 20.3 Å². The average molecular weight is 164 g/mol. The highest BCUT2D eigenvalue weighted by Crippen LogP contribution is 2.15. The summed E-state index contributed by atoms with van der Waals surface area (Å²) < 4.78 is 0. The Morgan fingerprint density at radius 2 is 1.67 bits per heavy atom. The van der Waals surface area contributed by atoms with Crippen molar-refractivity contribution < 1.29 is 0 Å². The molecule has 2 atom stereocenters. The van der Waals surface area contributed by atoms with E-state index in [1.54, 1.807) is 0 Å². The Kier molecular flexibility index (Phi) is 5.91. The minimum atomic E-state index is 0.737. The summed E-state index contributed by atoms with van der Waals surface area (Å²) in [6, 6.07) is 0. The molecule has 0 saturated heterocycles. The van der Waals surface area contributed by atoms with E-state index in [1.165, 1.54) is 6.42 Å². The second-order valence-electron chi connectivity index (χ2n) is 2.65. The van der Waals surface area contributed by atoms with Gasteiger partial charge in [-0.3, -0.25) is 0 Å². The van der Waals surface area contributed by atoms with E-state index in [-0.39, 0.29) is 0 Å². The van der Waals surface area contributed by atoms with Gasteiger partial charge in [0, 0.05) is 0 Å². The van der Waals surface area contributed by atoms with Gasteiger partial charge in [-0.25, -0.2) is 0 Å². The minimum absolute atomic E-state index is 0.737. The summed E-state index contributed by atoms with van der Waals surface area (Å²) in [4.78, 5) is 0. The van der Waals surface area contributed by atoms with E-state index >= 15 is 0 Å². The van der Waals surface area contributed by atoms with Crippen molar-refractivity contribution >= 4 is 25.3 Å². The molecule has 0 aliphatic carbocycles. The molecule has 0 fully saturated rings. The van der Waals surface area contributed by atoms with Gasteiger partial charge < -0.3 is 0 Å². The Morgan fingerprint density at radius 3 is 2.00 bits per heavy atom. The SMILES string of the molecule is CC(CCS)[C@@H](C)CS. The third-order valence-electron chi connectivity index (χ3n) is 1.84. The van der Waals surface area contributed by atoms with Crippen LogP contribution in [0.1, 0.15) is 20.3 Å². The summed E-state index contributed by atoms with van der Waals surface area (Å²) in [5.41, 5.74) is 0. The molecule has 2 heteroatoms. The molecule has 0 radical (unpaired) electrons. The van der Waals surface area contributed by atoms with Crippen LogP contribution in [0.15, 0.2) is 0 Å². The van der Waals surface area contributed by atoms with Crippen LogP contribution in [0.4, 0.5) is 0 Å². The van der Waals surface area contributed by atoms with Crippen molar-refractivity contribution in [3.05, 3.63) is 0 Å². The Labute approximate surface area is 69.2 Å². The summed E-state index contributed by atoms with van der Waals surface area (Å²) in [5.74, 6) is 3.51. The number of thiol groups is 2. The van der Waals surface area contributed by atoms with Gasteiger partial charge in [0.1, 0.15) is 0 Å². The standard InChI is InChI=1S/C7H16S2/c1-6(3-4-8)7(2)5-9/h6-9H,3-5H2,1-2H3/t6?,7-/m0/s1. The van der Waals surface area contributed by atoms with Crippen LogP contribution in [0.3, 0.4) is 0 Å². The van der Waals surface area contributed by atoms with Gasteiger partial charge in [-0.05, 0) is 29.8 Å². The van der Waals surface area contributed by atoms with Gasteiger partial charge in [0.25, 0.3) is 0 Å². The Balaban J connectivity index is 3.32. The number of hydrogen-bond acceptors (Lipinski definition) is 2. The maximum absolute atomic E-state index is 4.22. The van der Waals surface area contributed by atoms with Gasteiger partial charge in [-0.2, -0.15) is 25.3 Å². The Morgan fingerprint density at radius 1 is 1.11 bits per heavy atom. The maximum Gasteiger partial charge on any atom is -0.00696 e. The summed E-state index contributed by atoms with van der Waals surface area (Å²) in [7, 11) is 0. The van der Waals surface area contributed by atoms with Crippen molar-refractivity contribution in [2.24, 2.45) is 11.8 Å². The molecule has 0 aromatic carbocycles. The molecule has 0 aromatic rings. The third-order valence-corrected chi connectivity index (χ3v) is 2.68. The van der Waals surface area contributed by atoms with Gasteiger partial charge in [0.15, 0.2) is 0 Å². The van der Waals surface area contributed by atoms with Gasteiger partial charge in [-0.1, -0.05) is 13.8 Å². The van der Waals surface area contributed by atoms with E-state index in [0.29, 0.717) is 0 Å². The van der Waals surface area contributed by atoms with Crippen molar-refractivity contribution in [3.8, 4) is 0 Å². The molecule has 56 valence electrons. The first-order valence-corrected chi connectivity index (χ1v) is 4.70. The van der Waals surface area contributed by atoms with Crippen LogP contribution < -0.4 is 0 Å². The fourth-order valence-electron chi connectivity index (χ4n) is 0.668. The quantitative estimate of drug-likeness (QED) is 0.586. The largest absolute Gasteiger partial charge is 0.179 e. The lowest BCUT2D eigenvalue weighted by molar-refractivity contribution is 0.418. The first-order chi connectivity index (χ1) is 4.22. The van der Waals surface area contributed by atoms with Gasteiger partial charge in [0.05, 0.1) is 0 Å². The number of hydrogen-bond donors (Lipinski definition) is 2. The molecule has 0 rings (SSSR count). The predicted octanol–water partition coefficient (Wildman–Crippen LogP) is 2.51. The molecule has 0 N–H and O–H groups in total. The molecule has 1 unspecified atom stereocenters. The van der Waals surface area contributed by atoms with E-state index in [2.05, 4.69) is 39.1 Å². The Bertz CT molecular complexity index is 63.9. The first-order valence-electron chi connectivity index (χ1n) is 3.44. The van der Waals surface area contributed by atoms with E-state index in [1.807, 2.05) is 0 Å². The van der Waals surface area contributed by atoms with Crippen LogP contribution in [0.25, 0.3) is 0 Å². The van der Waals surface area contributed by atoms with Crippen molar-refractivity contribution in [3.63, 3.8) is 0 Å². The molecule has 9 heavy (non-hydrogen) atoms. The third kappa shape index (κ3) is 4.15. The Hall–Kier alpha value is 0.700. The molecule has 0 spiro atoms. The van der Waals surface area contributed by atoms with Crippen molar-refractivity contribution in [1.29, 1.82) is 0 Å². The lowest BCUT2D eigenvalue weighted by Gasteiger charge is -2.15. The van der Waals surface area contributed by atoms with Crippen LogP contribution >= 0.6 is 25.3 Å². The van der Waals surface area contributed by atoms with Gasteiger partial charge in [0.2, 0.25) is 0 Å². The van der Waals surface area contributed by atoms with Crippen molar-refractivity contribution in [2.75, 3.05) is 11.5 Å². The highest BCUT2D eigenvalue weighted by molar-refractivity contribution is 7.80. The highest BCUT2D eigenvalue weighted by atomic mass is 32.1. The lowest BCUT2D eigenvalue weighted by Crippen LogP contribution is -2.09. The second-order valence-corrected chi connectivity index (χ2v) is 3.46. The zero-order chi connectivity index (χ0) is 7.28. The maximum atomic E-state index is 4.22. The monoisotopic (exact) mass is 164 g/mol. The molecular weight excluding hydrogens is 148 g/mol. The van der Waals surface area contributed by atoms with Crippen LogP contribution in [-0.2, 0) is 0 Å². The summed E-state index contributed by atoms with van der Waals surface area (Å²) in [6.45, 7) is 4.50. The average Bonchev–Trinajstić information content (AvgIpc) is 1.87. The summed E-state index contributed by atoms with van der Waals surface area (Å²) in [6.07, 6.45) is 1.21. The first kappa shape index (κ1) is 9.70. The zero-order valence-electron chi connectivity index (χ0n) is 6.17. The molecule has 0 amide bonds. The smallest absolute Gasteiger partial charge is 0.00696 e.